The zero-order valence-electron chi connectivity index (χ0n) is 19.3. The SMILES string of the molecule is COc1ccc(CC(=O)NC[C@H]2[C@@H]3CC(=O)N(Cc4ccc(C(F)(F)F)cc4)[C@@H]3C[C@@H]2C)cc1. The lowest BCUT2D eigenvalue weighted by Crippen LogP contribution is -2.35. The van der Waals surface area contributed by atoms with Crippen molar-refractivity contribution >= 4 is 11.8 Å². The number of methoxy groups -OCH3 is 1. The highest BCUT2D eigenvalue weighted by molar-refractivity contribution is 5.80. The molecule has 1 N–H and O–H groups in total. The number of rotatable bonds is 7. The first-order valence-corrected chi connectivity index (χ1v) is 11.5. The Kier molecular flexibility index (Phi) is 6.86. The lowest BCUT2D eigenvalue weighted by molar-refractivity contribution is -0.137. The van der Waals surface area contributed by atoms with E-state index in [9.17, 15) is 22.8 Å². The van der Waals surface area contributed by atoms with Crippen LogP contribution in [0.15, 0.2) is 48.5 Å². The van der Waals surface area contributed by atoms with Crippen LogP contribution in [0.3, 0.4) is 0 Å². The van der Waals surface area contributed by atoms with Crippen molar-refractivity contribution < 1.29 is 27.5 Å². The van der Waals surface area contributed by atoms with Crippen molar-refractivity contribution in [3.63, 3.8) is 0 Å². The molecule has 8 heteroatoms. The molecule has 0 unspecified atom stereocenters. The normalized spacial score (nSPS) is 24.3. The maximum absolute atomic E-state index is 12.8. The van der Waals surface area contributed by atoms with Gasteiger partial charge in [0.05, 0.1) is 19.1 Å². The van der Waals surface area contributed by atoms with Crippen LogP contribution in [0.25, 0.3) is 0 Å². The molecule has 0 spiro atoms. The number of amides is 2. The van der Waals surface area contributed by atoms with Crippen LogP contribution in [-0.4, -0.2) is 36.4 Å². The zero-order valence-corrected chi connectivity index (χ0v) is 19.3. The molecule has 1 heterocycles. The van der Waals surface area contributed by atoms with E-state index >= 15 is 0 Å². The Morgan fingerprint density at radius 1 is 1.09 bits per heavy atom. The monoisotopic (exact) mass is 474 g/mol. The molecule has 5 nitrogen and oxygen atoms in total. The largest absolute Gasteiger partial charge is 0.497 e. The lowest BCUT2D eigenvalue weighted by Gasteiger charge is -2.25. The van der Waals surface area contributed by atoms with Gasteiger partial charge in [-0.25, -0.2) is 0 Å². The predicted molar refractivity (Wildman–Crippen MR) is 121 cm³/mol. The van der Waals surface area contributed by atoms with Gasteiger partial charge >= 0.3 is 6.18 Å². The number of alkyl halides is 3. The first kappa shape index (κ1) is 24.1. The molecule has 1 saturated heterocycles. The van der Waals surface area contributed by atoms with Crippen molar-refractivity contribution in [2.24, 2.45) is 17.8 Å². The molecule has 0 radical (unpaired) electrons. The van der Waals surface area contributed by atoms with E-state index in [0.717, 1.165) is 29.9 Å². The summed E-state index contributed by atoms with van der Waals surface area (Å²) in [6.07, 6.45) is -2.86. The van der Waals surface area contributed by atoms with Crippen molar-refractivity contribution in [2.75, 3.05) is 13.7 Å². The van der Waals surface area contributed by atoms with Gasteiger partial charge in [-0.05, 0) is 59.6 Å². The molecule has 2 amide bonds. The zero-order chi connectivity index (χ0) is 24.5. The Morgan fingerprint density at radius 3 is 2.35 bits per heavy atom. The quantitative estimate of drug-likeness (QED) is 0.645. The fourth-order valence-electron chi connectivity index (χ4n) is 5.36. The summed E-state index contributed by atoms with van der Waals surface area (Å²) in [5.74, 6) is 1.36. The first-order chi connectivity index (χ1) is 16.2. The van der Waals surface area contributed by atoms with Crippen LogP contribution < -0.4 is 10.1 Å². The van der Waals surface area contributed by atoms with E-state index in [1.807, 2.05) is 29.2 Å². The fraction of sp³-hybridized carbons (Fsp3) is 0.462. The summed E-state index contributed by atoms with van der Waals surface area (Å²) >= 11 is 0. The second-order valence-electron chi connectivity index (χ2n) is 9.36. The van der Waals surface area contributed by atoms with Gasteiger partial charge in [-0.15, -0.1) is 0 Å². The molecule has 1 aliphatic heterocycles. The van der Waals surface area contributed by atoms with Crippen molar-refractivity contribution in [3.8, 4) is 5.75 Å². The van der Waals surface area contributed by atoms with Crippen molar-refractivity contribution in [2.45, 2.75) is 44.9 Å². The number of likely N-dealkylation sites (tertiary alicyclic amines) is 1. The van der Waals surface area contributed by atoms with Crippen LogP contribution in [0.1, 0.15) is 36.5 Å². The number of carbonyl (C=O) groups excluding carboxylic acids is 2. The Labute approximate surface area is 197 Å². The predicted octanol–water partition coefficient (Wildman–Crippen LogP) is 4.45. The third-order valence-electron chi connectivity index (χ3n) is 7.21. The highest BCUT2D eigenvalue weighted by atomic mass is 19.4. The van der Waals surface area contributed by atoms with Gasteiger partial charge in [0.15, 0.2) is 0 Å². The van der Waals surface area contributed by atoms with Crippen molar-refractivity contribution in [1.82, 2.24) is 10.2 Å². The standard InChI is InChI=1S/C26H29F3N2O3/c1-16-11-23-21(22(16)14-30-24(32)12-17-5-9-20(34-2)10-6-17)13-25(33)31(23)15-18-3-7-19(8-4-18)26(27,28)29/h3-10,16,21-23H,11-15H2,1-2H3,(H,30,32)/t16-,21-,22+,23+/m0/s1. The van der Waals surface area contributed by atoms with Crippen molar-refractivity contribution in [1.29, 1.82) is 0 Å². The van der Waals surface area contributed by atoms with Crippen LogP contribution in [0, 0.1) is 17.8 Å². The minimum absolute atomic E-state index is 0.0244. The molecular formula is C26H29F3N2O3. The summed E-state index contributed by atoms with van der Waals surface area (Å²) in [7, 11) is 1.59. The van der Waals surface area contributed by atoms with Gasteiger partial charge in [0.2, 0.25) is 11.8 Å². The Bertz CT molecular complexity index is 1020. The van der Waals surface area contributed by atoms with E-state index in [4.69, 9.17) is 4.74 Å². The molecule has 182 valence electrons. The van der Waals surface area contributed by atoms with Gasteiger partial charge in [-0.2, -0.15) is 13.2 Å². The molecule has 2 aliphatic rings. The molecule has 2 fully saturated rings. The number of hydrogen-bond acceptors (Lipinski definition) is 3. The average Bonchev–Trinajstić information content (AvgIpc) is 3.26. The van der Waals surface area contributed by atoms with Crippen LogP contribution >= 0.6 is 0 Å². The highest BCUT2D eigenvalue weighted by Crippen LogP contribution is 2.46. The molecule has 1 saturated carbocycles. The van der Waals surface area contributed by atoms with Gasteiger partial charge in [0.1, 0.15) is 5.75 Å². The summed E-state index contributed by atoms with van der Waals surface area (Å²) in [5, 5.41) is 3.04. The minimum atomic E-state index is -4.38. The molecular weight excluding hydrogens is 445 g/mol. The van der Waals surface area contributed by atoms with E-state index in [1.54, 1.807) is 7.11 Å². The van der Waals surface area contributed by atoms with Crippen LogP contribution in [0.4, 0.5) is 13.2 Å². The van der Waals surface area contributed by atoms with Crippen molar-refractivity contribution in [3.05, 3.63) is 65.2 Å². The second-order valence-corrected chi connectivity index (χ2v) is 9.36. The molecule has 34 heavy (non-hydrogen) atoms. The maximum atomic E-state index is 12.8. The Morgan fingerprint density at radius 2 is 1.74 bits per heavy atom. The number of halogens is 3. The van der Waals surface area contributed by atoms with E-state index < -0.39 is 11.7 Å². The van der Waals surface area contributed by atoms with E-state index in [-0.39, 0.29) is 36.1 Å². The average molecular weight is 475 g/mol. The van der Waals surface area contributed by atoms with E-state index in [2.05, 4.69) is 12.2 Å². The van der Waals surface area contributed by atoms with Gasteiger partial charge in [-0.3, -0.25) is 9.59 Å². The minimum Gasteiger partial charge on any atom is -0.497 e. The van der Waals surface area contributed by atoms with Gasteiger partial charge < -0.3 is 15.0 Å². The summed E-state index contributed by atoms with van der Waals surface area (Å²) in [6.45, 7) is 2.96. The summed E-state index contributed by atoms with van der Waals surface area (Å²) in [4.78, 5) is 27.0. The number of ether oxygens (including phenoxy) is 1. The summed E-state index contributed by atoms with van der Waals surface area (Å²) in [6, 6.07) is 12.4. The number of nitrogens with zero attached hydrogens (tertiary/aromatic N) is 1. The smallest absolute Gasteiger partial charge is 0.416 e. The number of hydrogen-bond donors (Lipinski definition) is 1. The number of benzene rings is 2. The highest BCUT2D eigenvalue weighted by Gasteiger charge is 2.50. The second kappa shape index (κ2) is 9.68. The van der Waals surface area contributed by atoms with Gasteiger partial charge in [0.25, 0.3) is 0 Å². The van der Waals surface area contributed by atoms with Crippen LogP contribution in [0.2, 0.25) is 0 Å². The van der Waals surface area contributed by atoms with E-state index in [0.29, 0.717) is 31.0 Å². The third-order valence-corrected chi connectivity index (χ3v) is 7.21. The number of nitrogens with one attached hydrogen (secondary N) is 1. The lowest BCUT2D eigenvalue weighted by atomic mass is 9.88. The number of carbonyl (C=O) groups is 2. The maximum Gasteiger partial charge on any atom is 0.416 e. The van der Waals surface area contributed by atoms with Crippen LogP contribution in [0.5, 0.6) is 5.75 Å². The molecule has 2 aromatic rings. The molecule has 2 aromatic carbocycles. The van der Waals surface area contributed by atoms with Gasteiger partial charge in [-0.1, -0.05) is 31.2 Å². The molecule has 1 aliphatic carbocycles. The Hall–Kier alpha value is -3.03. The van der Waals surface area contributed by atoms with E-state index in [1.165, 1.54) is 12.1 Å². The molecule has 4 rings (SSSR count). The number of fused-ring (bicyclic) bond motifs is 1. The molecule has 0 bridgehead atoms. The third kappa shape index (κ3) is 5.21. The van der Waals surface area contributed by atoms with Crippen LogP contribution in [-0.2, 0) is 28.7 Å². The Balaban J connectivity index is 1.34. The molecule has 4 atom stereocenters. The summed E-state index contributed by atoms with van der Waals surface area (Å²) in [5.41, 5.74) is 0.891. The first-order valence-electron chi connectivity index (χ1n) is 11.5. The fourth-order valence-corrected chi connectivity index (χ4v) is 5.36. The van der Waals surface area contributed by atoms with Gasteiger partial charge in [0, 0.05) is 25.6 Å². The summed E-state index contributed by atoms with van der Waals surface area (Å²) < 4.78 is 43.6. The topological polar surface area (TPSA) is 58.6 Å². The molecule has 0 aromatic heterocycles.